The molecule has 0 aliphatic heterocycles. The van der Waals surface area contributed by atoms with E-state index in [-0.39, 0.29) is 28.7 Å². The quantitative estimate of drug-likeness (QED) is 0.0382. The normalized spacial score (nSPS) is 13.1. The number of halogens is 6. The maximum absolute atomic E-state index is 15.6. The van der Waals surface area contributed by atoms with Crippen molar-refractivity contribution in [3.05, 3.63) is 271 Å². The van der Waals surface area contributed by atoms with Gasteiger partial charge in [-0.3, -0.25) is 0 Å². The van der Waals surface area contributed by atoms with Crippen molar-refractivity contribution in [2.45, 2.75) is 12.4 Å². The van der Waals surface area contributed by atoms with Crippen LogP contribution in [0.2, 0.25) is 0 Å². The Morgan fingerprint density at radius 3 is 0.908 bits per heavy atom. The molecule has 2 N–H and O–H groups in total. The molecule has 0 radical (unpaired) electrons. The molecule has 9 aromatic rings. The van der Waals surface area contributed by atoms with Gasteiger partial charge in [0.2, 0.25) is 0 Å². The molecule has 9 rings (SSSR count). The molecule has 0 atom stereocenters. The zero-order chi connectivity index (χ0) is 53.7. The third-order valence-corrected chi connectivity index (χ3v) is 24.9. The number of benzene rings is 9. The molecule has 76 heavy (non-hydrogen) atoms. The fourth-order valence-corrected chi connectivity index (χ4v) is 21.0. The molecule has 0 amide bonds. The van der Waals surface area contributed by atoms with E-state index in [0.29, 0.717) is 44.0 Å². The summed E-state index contributed by atoms with van der Waals surface area (Å²) in [6, 6.07) is 63.5. The molecule has 16 heteroatoms. The van der Waals surface area contributed by atoms with Gasteiger partial charge in [-0.15, -0.1) is 0 Å². The summed E-state index contributed by atoms with van der Waals surface area (Å²) in [5.74, 6) is -2.63. The van der Waals surface area contributed by atoms with Crippen molar-refractivity contribution in [2.75, 3.05) is 12.3 Å². The summed E-state index contributed by atoms with van der Waals surface area (Å²) in [6.45, 7) is -10.8. The first kappa shape index (κ1) is 53.0. The van der Waals surface area contributed by atoms with Crippen LogP contribution in [0.1, 0.15) is 31.8 Å². The van der Waals surface area contributed by atoms with Gasteiger partial charge in [0, 0.05) is 0 Å². The SMILES string of the molecule is O=C(CP(OB(Oc1cc(C(F)(F)F)cc(C(F)(F)F)c1)OP(CC(=O)c1cccc(O)c1)(c1ccccc1)(c1ccccc1)c1ccccc1)(c1ccccc1)(c1ccccc1)c1ccccc1)c1cccc(O)c1. The second kappa shape index (κ2) is 21.0. The van der Waals surface area contributed by atoms with E-state index in [1.165, 1.54) is 48.5 Å². The summed E-state index contributed by atoms with van der Waals surface area (Å²) < 4.78 is 112. The van der Waals surface area contributed by atoms with E-state index in [1.807, 2.05) is 0 Å². The van der Waals surface area contributed by atoms with Gasteiger partial charge in [0.05, 0.1) is 0 Å². The Labute approximate surface area is 435 Å². The fourth-order valence-electron chi connectivity index (χ4n) is 9.98. The zero-order valence-corrected chi connectivity index (χ0v) is 42.0. The first-order valence-corrected chi connectivity index (χ1v) is 28.5. The Morgan fingerprint density at radius 2 is 0.658 bits per heavy atom. The molecule has 0 saturated carbocycles. The van der Waals surface area contributed by atoms with E-state index in [4.69, 9.17) is 13.5 Å². The second-order valence-corrected chi connectivity index (χ2v) is 27.1. The number of alkyl halides is 6. The number of hydrogen-bond donors (Lipinski definition) is 2. The van der Waals surface area contributed by atoms with Crippen LogP contribution in [0.25, 0.3) is 0 Å². The minimum atomic E-state index is -5.39. The Kier molecular flexibility index (Phi) is 14.7. The first-order chi connectivity index (χ1) is 36.4. The Bertz CT molecular complexity index is 3060. The van der Waals surface area contributed by atoms with E-state index in [0.717, 1.165) is 0 Å². The van der Waals surface area contributed by atoms with Crippen molar-refractivity contribution in [1.29, 1.82) is 0 Å². The van der Waals surface area contributed by atoms with Gasteiger partial charge in [-0.25, -0.2) is 0 Å². The molecule has 0 heterocycles. The van der Waals surface area contributed by atoms with E-state index >= 15 is 9.59 Å². The molecule has 384 valence electrons. The Morgan fingerprint density at radius 1 is 0.382 bits per heavy atom. The van der Waals surface area contributed by atoms with Gasteiger partial charge >= 0.3 is 437 Å². The van der Waals surface area contributed by atoms with Crippen molar-refractivity contribution >= 4 is 64.4 Å². The van der Waals surface area contributed by atoms with Gasteiger partial charge < -0.3 is 0 Å². The molecule has 0 unspecified atom stereocenters. The minimum absolute atomic E-state index is 0.0265. The van der Waals surface area contributed by atoms with Crippen LogP contribution in [0, 0.1) is 0 Å². The zero-order valence-electron chi connectivity index (χ0n) is 40.3. The van der Waals surface area contributed by atoms with Gasteiger partial charge in [-0.1, -0.05) is 0 Å². The average molecular weight is 1070 g/mol. The number of hydrogen-bond acceptors (Lipinski definition) is 7. The average Bonchev–Trinajstić information content (AvgIpc) is 3.50. The number of rotatable bonds is 18. The Hall–Kier alpha value is -7.86. The molecular weight excluding hydrogens is 1020 g/mol. The number of carbonyl (C=O) groups excluding carboxylic acids is 2. The van der Waals surface area contributed by atoms with Crippen molar-refractivity contribution in [2.24, 2.45) is 0 Å². The number of aromatic hydroxyl groups is 2. The molecule has 0 bridgehead atoms. The van der Waals surface area contributed by atoms with Gasteiger partial charge in [0.1, 0.15) is 0 Å². The number of ketones is 2. The predicted octanol–water partition coefficient (Wildman–Crippen LogP) is 12.2. The molecule has 0 spiro atoms. The standard InChI is InChI=1S/C60H47BF6O7P2/c62-59(63,64)46-39-47(60(65,66)67)41-50(40-46)72-61(73-75(51-25-7-1-8-26-51,52-27-9-2-10-28-52,53-29-11-3-12-30-53)42-57(70)44-21-19-23-48(68)37-44)74-76(54-31-13-4-14-32-54,55-33-15-5-16-34-55,56-35-17-6-18-36-56)43-58(71)45-22-20-24-49(69)38-45/h1-41,68-69H,42-43H2. The van der Waals surface area contributed by atoms with Crippen LogP contribution in [0.4, 0.5) is 26.3 Å². The second-order valence-electron chi connectivity index (χ2n) is 18.1. The number of Topliss-reactive ketones (excluding diaryl/α,β-unsaturated/α-hetero) is 2. The van der Waals surface area contributed by atoms with Crippen LogP contribution in [0.3, 0.4) is 0 Å². The third-order valence-electron chi connectivity index (χ3n) is 13.5. The Balaban J connectivity index is 1.47. The first-order valence-electron chi connectivity index (χ1n) is 23.8. The summed E-state index contributed by atoms with van der Waals surface area (Å²) in [7, 11) is -2.46. The number of carbonyl (C=O) groups is 2. The van der Waals surface area contributed by atoms with E-state index in [2.05, 4.69) is 0 Å². The molecule has 7 nitrogen and oxygen atoms in total. The van der Waals surface area contributed by atoms with Crippen molar-refractivity contribution in [3.8, 4) is 17.2 Å². The van der Waals surface area contributed by atoms with Crippen molar-refractivity contribution in [3.63, 3.8) is 0 Å². The van der Waals surface area contributed by atoms with Crippen molar-refractivity contribution in [1.82, 2.24) is 0 Å². The molecule has 0 aromatic heterocycles. The van der Waals surface area contributed by atoms with Crippen molar-refractivity contribution < 1.29 is 59.7 Å². The van der Waals surface area contributed by atoms with E-state index < -0.39 is 74.1 Å². The van der Waals surface area contributed by atoms with Gasteiger partial charge in [-0.2, -0.15) is 0 Å². The summed E-state index contributed by atoms with van der Waals surface area (Å²) >= 11 is 0. The monoisotopic (exact) mass is 1070 g/mol. The van der Waals surface area contributed by atoms with E-state index in [9.17, 15) is 36.6 Å². The molecule has 0 aliphatic carbocycles. The van der Waals surface area contributed by atoms with Crippen LogP contribution in [0.15, 0.2) is 249 Å². The van der Waals surface area contributed by atoms with Gasteiger partial charge in [0.25, 0.3) is 0 Å². The fraction of sp³-hybridized carbons (Fsp3) is 0.0667. The topological polar surface area (TPSA) is 102 Å². The summed E-state index contributed by atoms with van der Waals surface area (Å²) in [5, 5.41) is 23.7. The summed E-state index contributed by atoms with van der Waals surface area (Å²) in [4.78, 5) is 31.2. The molecule has 0 fully saturated rings. The number of phenols is 2. The third kappa shape index (κ3) is 9.93. The molecule has 0 saturated heterocycles. The molecular formula is C60H47BF6O7P2. The summed E-state index contributed by atoms with van der Waals surface area (Å²) in [5.41, 5.74) is -3.32. The van der Waals surface area contributed by atoms with Crippen LogP contribution in [-0.2, 0) is 21.2 Å². The number of phenolic OH excluding ortho intramolecular Hbond substituents is 2. The van der Waals surface area contributed by atoms with Crippen LogP contribution >= 0.6 is 13.7 Å². The van der Waals surface area contributed by atoms with Gasteiger partial charge in [-0.05, 0) is 0 Å². The predicted molar refractivity (Wildman–Crippen MR) is 290 cm³/mol. The van der Waals surface area contributed by atoms with Crippen LogP contribution < -0.4 is 36.5 Å². The van der Waals surface area contributed by atoms with Crippen LogP contribution in [0.5, 0.6) is 17.2 Å². The van der Waals surface area contributed by atoms with E-state index in [1.54, 1.807) is 182 Å². The maximum atomic E-state index is 15.6. The van der Waals surface area contributed by atoms with Gasteiger partial charge in [0.15, 0.2) is 0 Å². The summed E-state index contributed by atoms with van der Waals surface area (Å²) in [6.07, 6.45) is -11.8. The molecule has 0 aliphatic rings. The molecule has 9 aromatic carbocycles. The van der Waals surface area contributed by atoms with Crippen LogP contribution in [-0.4, -0.2) is 41.4 Å².